The predicted octanol–water partition coefficient (Wildman–Crippen LogP) is 4.15. The summed E-state index contributed by atoms with van der Waals surface area (Å²) in [6.45, 7) is -0.233. The third kappa shape index (κ3) is 9.56. The van der Waals surface area contributed by atoms with E-state index in [1.165, 1.54) is 16.8 Å². The summed E-state index contributed by atoms with van der Waals surface area (Å²) in [6, 6.07) is 4.95. The molecular weight excluding hydrogens is 555 g/mol. The van der Waals surface area contributed by atoms with Gasteiger partial charge in [-0.05, 0) is 16.7 Å². The maximum absolute atomic E-state index is 13.5. The monoisotopic (exact) mass is 576 g/mol. The molecule has 2 N–H and O–H groups in total. The summed E-state index contributed by atoms with van der Waals surface area (Å²) in [7, 11) is -6.11. The largest absolute Gasteiger partial charge is 0.613 e. The van der Waals surface area contributed by atoms with Gasteiger partial charge in [-0.25, -0.2) is 9.76 Å². The van der Waals surface area contributed by atoms with E-state index in [2.05, 4.69) is 10.2 Å². The molecule has 2 aromatic rings. The standard InChI is InChI=1S/C16H22Cl2N5O10P2/c17-5-9-21(10-6-18)35(29,31-12-14-2-4-16(33-14)23(26)27)20-8-7-19-34(28)30-11-13-1-3-15(32-13)22(24)25/h1-4H,5-12H2,(H,19,28)(H,20,29)/q+1. The molecule has 194 valence electrons. The Hall–Kier alpha value is -1.93. The van der Waals surface area contributed by atoms with Gasteiger partial charge < -0.3 is 8.83 Å². The number of nitro groups is 2. The van der Waals surface area contributed by atoms with Crippen molar-refractivity contribution < 1.29 is 36.9 Å². The molecule has 0 aliphatic heterocycles. The second kappa shape index (κ2) is 14.6. The van der Waals surface area contributed by atoms with Gasteiger partial charge in [0.2, 0.25) is 0 Å². The van der Waals surface area contributed by atoms with Gasteiger partial charge in [0.15, 0.2) is 6.61 Å². The summed E-state index contributed by atoms with van der Waals surface area (Å²) >= 11 is 11.6. The van der Waals surface area contributed by atoms with Crippen molar-refractivity contribution >= 4 is 50.8 Å². The molecule has 2 aromatic heterocycles. The lowest BCUT2D eigenvalue weighted by atomic mass is 10.5. The van der Waals surface area contributed by atoms with E-state index in [9.17, 15) is 29.4 Å². The van der Waals surface area contributed by atoms with Crippen molar-refractivity contribution in [2.75, 3.05) is 37.9 Å². The van der Waals surface area contributed by atoms with E-state index in [-0.39, 0.29) is 62.7 Å². The van der Waals surface area contributed by atoms with Gasteiger partial charge in [0.05, 0.1) is 18.7 Å². The lowest BCUT2D eigenvalue weighted by Gasteiger charge is -2.30. The van der Waals surface area contributed by atoms with Crippen molar-refractivity contribution in [1.29, 1.82) is 0 Å². The first-order chi connectivity index (χ1) is 16.7. The van der Waals surface area contributed by atoms with Gasteiger partial charge >= 0.3 is 27.6 Å². The number of nitrogens with zero attached hydrogens (tertiary/aromatic N) is 3. The van der Waals surface area contributed by atoms with Crippen LogP contribution in [0.3, 0.4) is 0 Å². The zero-order valence-electron chi connectivity index (χ0n) is 18.0. The summed E-state index contributed by atoms with van der Waals surface area (Å²) in [6.07, 6.45) is 0. The van der Waals surface area contributed by atoms with Gasteiger partial charge in [-0.1, -0.05) is 5.09 Å². The Morgan fingerprint density at radius 3 is 2.00 bits per heavy atom. The molecule has 2 unspecified atom stereocenters. The van der Waals surface area contributed by atoms with Crippen molar-refractivity contribution in [2.24, 2.45) is 0 Å². The van der Waals surface area contributed by atoms with E-state index in [1.807, 2.05) is 0 Å². The van der Waals surface area contributed by atoms with Crippen molar-refractivity contribution in [3.63, 3.8) is 0 Å². The van der Waals surface area contributed by atoms with Crippen LogP contribution in [0.15, 0.2) is 33.1 Å². The Bertz CT molecular complexity index is 1050. The third-order valence-electron chi connectivity index (χ3n) is 4.10. The van der Waals surface area contributed by atoms with Crippen molar-refractivity contribution in [1.82, 2.24) is 14.8 Å². The maximum atomic E-state index is 13.5. The molecule has 2 rings (SSSR count). The van der Waals surface area contributed by atoms with Crippen molar-refractivity contribution in [3.05, 3.63) is 56.0 Å². The number of rotatable bonds is 18. The highest BCUT2D eigenvalue weighted by atomic mass is 35.5. The molecule has 0 amide bonds. The molecule has 0 radical (unpaired) electrons. The van der Waals surface area contributed by atoms with Crippen LogP contribution >= 0.6 is 39.1 Å². The van der Waals surface area contributed by atoms with E-state index >= 15 is 0 Å². The smallest absolute Gasteiger partial charge is 0.403 e. The summed E-state index contributed by atoms with van der Waals surface area (Å²) < 4.78 is 47.4. The molecule has 0 fully saturated rings. The van der Waals surface area contributed by atoms with Crippen LogP contribution in [0.1, 0.15) is 11.5 Å². The fourth-order valence-corrected chi connectivity index (χ4v) is 5.70. The lowest BCUT2D eigenvalue weighted by molar-refractivity contribution is -0.402. The molecule has 0 spiro atoms. The van der Waals surface area contributed by atoms with E-state index in [1.54, 1.807) is 0 Å². The molecule has 0 aliphatic carbocycles. The van der Waals surface area contributed by atoms with Crippen LogP contribution in [0.2, 0.25) is 0 Å². The molecular formula is C16H22Cl2N5O10P2+. The van der Waals surface area contributed by atoms with E-state index in [0.717, 1.165) is 12.1 Å². The van der Waals surface area contributed by atoms with Crippen molar-refractivity contribution in [2.45, 2.75) is 13.2 Å². The predicted molar refractivity (Wildman–Crippen MR) is 125 cm³/mol. The fourth-order valence-electron chi connectivity index (χ4n) is 2.55. The van der Waals surface area contributed by atoms with Crippen LogP contribution in [0.5, 0.6) is 0 Å². The van der Waals surface area contributed by atoms with E-state index in [0.29, 0.717) is 0 Å². The average Bonchev–Trinajstić information content (AvgIpc) is 3.49. The number of furan rings is 2. The highest BCUT2D eigenvalue weighted by Gasteiger charge is 2.32. The Morgan fingerprint density at radius 2 is 1.51 bits per heavy atom. The van der Waals surface area contributed by atoms with Crippen LogP contribution in [-0.4, -0.2) is 52.5 Å². The van der Waals surface area contributed by atoms with Gasteiger partial charge in [0.1, 0.15) is 28.0 Å². The summed E-state index contributed by atoms with van der Waals surface area (Å²) in [4.78, 5) is 20.0. The van der Waals surface area contributed by atoms with Gasteiger partial charge in [-0.2, -0.15) is 0 Å². The molecule has 19 heteroatoms. The van der Waals surface area contributed by atoms with Gasteiger partial charge in [-0.3, -0.25) is 29.3 Å². The summed E-state index contributed by atoms with van der Waals surface area (Å²) in [5.74, 6) is -0.490. The van der Waals surface area contributed by atoms with Gasteiger partial charge in [-0.15, -0.1) is 27.7 Å². The highest BCUT2D eigenvalue weighted by Crippen LogP contribution is 2.47. The third-order valence-corrected chi connectivity index (χ3v) is 7.53. The number of alkyl halides is 2. The first-order valence-corrected chi connectivity index (χ1v) is 13.7. The molecule has 0 saturated heterocycles. The minimum absolute atomic E-state index is 0.00725. The lowest BCUT2D eigenvalue weighted by Crippen LogP contribution is -2.34. The van der Waals surface area contributed by atoms with Gasteiger partial charge in [0, 0.05) is 31.4 Å². The van der Waals surface area contributed by atoms with Crippen LogP contribution in [-0.2, 0) is 31.4 Å². The second-order valence-electron chi connectivity index (χ2n) is 6.47. The summed E-state index contributed by atoms with van der Waals surface area (Å²) in [5.41, 5.74) is 0. The first-order valence-electron chi connectivity index (χ1n) is 9.85. The summed E-state index contributed by atoms with van der Waals surface area (Å²) in [5, 5.41) is 26.7. The Balaban J connectivity index is 1.89. The topological polar surface area (TPSA) is 192 Å². The maximum Gasteiger partial charge on any atom is 0.613 e. The minimum atomic E-state index is -3.74. The number of halogens is 2. The normalized spacial score (nSPS) is 13.6. The van der Waals surface area contributed by atoms with Crippen LogP contribution in [0.4, 0.5) is 11.8 Å². The number of nitrogens with one attached hydrogen (secondary N) is 2. The molecule has 0 aliphatic rings. The van der Waals surface area contributed by atoms with Crippen LogP contribution < -0.4 is 10.2 Å². The Labute approximate surface area is 209 Å². The first kappa shape index (κ1) is 29.3. The molecule has 2 heterocycles. The molecule has 0 aromatic carbocycles. The Morgan fingerprint density at radius 1 is 0.971 bits per heavy atom. The fraction of sp³-hybridized carbons (Fsp3) is 0.500. The quantitative estimate of drug-likeness (QED) is 0.0845. The molecule has 2 atom stereocenters. The highest BCUT2D eigenvalue weighted by molar-refractivity contribution is 7.54. The van der Waals surface area contributed by atoms with Crippen molar-refractivity contribution in [3.8, 4) is 0 Å². The molecule has 15 nitrogen and oxygen atoms in total. The number of hydrogen-bond donors (Lipinski definition) is 2. The van der Waals surface area contributed by atoms with Crippen LogP contribution in [0.25, 0.3) is 0 Å². The number of hydrogen-bond acceptors (Lipinski definition) is 10. The zero-order valence-corrected chi connectivity index (χ0v) is 21.3. The van der Waals surface area contributed by atoms with E-state index in [4.69, 9.17) is 41.1 Å². The van der Waals surface area contributed by atoms with Gasteiger partial charge in [0.25, 0.3) is 0 Å². The second-order valence-corrected chi connectivity index (χ2v) is 10.5. The van der Waals surface area contributed by atoms with E-state index < -0.39 is 37.5 Å². The zero-order chi connectivity index (χ0) is 25.8. The average molecular weight is 577 g/mol. The molecule has 35 heavy (non-hydrogen) atoms. The SMILES string of the molecule is O=[N+]([O-])c1ccc(CO[P+](=O)NCCNP(=O)(OCc2ccc([N+](=O)[O-])o2)N(CCCl)CCCl)o1. The minimum Gasteiger partial charge on any atom is -0.403 e. The molecule has 0 saturated carbocycles. The van der Waals surface area contributed by atoms with Crippen LogP contribution in [0, 0.1) is 20.2 Å². The molecule has 0 bridgehead atoms. The Kier molecular flexibility index (Phi) is 12.2.